The number of hydrogen-bond acceptors (Lipinski definition) is 3. The molecule has 3 heteroatoms. The van der Waals surface area contributed by atoms with Gasteiger partial charge in [0, 0.05) is 12.5 Å². The van der Waals surface area contributed by atoms with Gasteiger partial charge in [0.2, 0.25) is 0 Å². The molecule has 0 bridgehead atoms. The Bertz CT molecular complexity index is 319. The molecule has 0 aliphatic carbocycles. The maximum Gasteiger partial charge on any atom is 0.124 e. The standard InChI is InChI=1S/C12H17NO2/c1-9(13)10-3-2-4-11(7-10)15-12-5-6-14-8-12/h2-4,7,9,12H,5-6,8,13H2,1H3. The lowest BCUT2D eigenvalue weighted by atomic mass is 10.1. The molecular weight excluding hydrogens is 190 g/mol. The summed E-state index contributed by atoms with van der Waals surface area (Å²) >= 11 is 0. The lowest BCUT2D eigenvalue weighted by molar-refractivity contribution is 0.141. The number of hydrogen-bond donors (Lipinski definition) is 1. The highest BCUT2D eigenvalue weighted by Crippen LogP contribution is 2.20. The highest BCUT2D eigenvalue weighted by Gasteiger charge is 2.17. The molecule has 2 rings (SSSR count). The van der Waals surface area contributed by atoms with Crippen LogP contribution in [0.15, 0.2) is 24.3 Å². The number of ether oxygens (including phenoxy) is 2. The van der Waals surface area contributed by atoms with Crippen molar-refractivity contribution in [3.05, 3.63) is 29.8 Å². The average Bonchev–Trinajstić information content (AvgIpc) is 2.71. The second-order valence-electron chi connectivity index (χ2n) is 3.96. The van der Waals surface area contributed by atoms with Crippen molar-refractivity contribution in [2.75, 3.05) is 13.2 Å². The fraction of sp³-hybridized carbons (Fsp3) is 0.500. The van der Waals surface area contributed by atoms with Gasteiger partial charge in [-0.05, 0) is 24.6 Å². The van der Waals surface area contributed by atoms with Gasteiger partial charge in [-0.15, -0.1) is 0 Å². The summed E-state index contributed by atoms with van der Waals surface area (Å²) in [5, 5.41) is 0. The van der Waals surface area contributed by atoms with Gasteiger partial charge in [0.15, 0.2) is 0 Å². The van der Waals surface area contributed by atoms with E-state index >= 15 is 0 Å². The first-order chi connectivity index (χ1) is 7.25. The predicted octanol–water partition coefficient (Wildman–Crippen LogP) is 1.87. The van der Waals surface area contributed by atoms with E-state index in [0.717, 1.165) is 24.3 Å². The smallest absolute Gasteiger partial charge is 0.124 e. The van der Waals surface area contributed by atoms with Gasteiger partial charge in [-0.25, -0.2) is 0 Å². The van der Waals surface area contributed by atoms with E-state index in [0.29, 0.717) is 6.61 Å². The highest BCUT2D eigenvalue weighted by atomic mass is 16.5. The van der Waals surface area contributed by atoms with E-state index in [1.807, 2.05) is 31.2 Å². The van der Waals surface area contributed by atoms with Crippen LogP contribution in [0.2, 0.25) is 0 Å². The van der Waals surface area contributed by atoms with Crippen LogP contribution < -0.4 is 10.5 Å². The summed E-state index contributed by atoms with van der Waals surface area (Å²) in [5.74, 6) is 0.889. The summed E-state index contributed by atoms with van der Waals surface area (Å²) in [6.45, 7) is 3.47. The molecule has 2 unspecified atom stereocenters. The molecule has 15 heavy (non-hydrogen) atoms. The van der Waals surface area contributed by atoms with E-state index in [1.54, 1.807) is 0 Å². The largest absolute Gasteiger partial charge is 0.488 e. The van der Waals surface area contributed by atoms with E-state index in [4.69, 9.17) is 15.2 Å². The minimum atomic E-state index is 0.0494. The van der Waals surface area contributed by atoms with Crippen molar-refractivity contribution in [3.63, 3.8) is 0 Å². The van der Waals surface area contributed by atoms with E-state index in [9.17, 15) is 0 Å². The van der Waals surface area contributed by atoms with Crippen LogP contribution in [0.3, 0.4) is 0 Å². The average molecular weight is 207 g/mol. The Balaban J connectivity index is 2.04. The molecule has 1 aromatic rings. The zero-order valence-corrected chi connectivity index (χ0v) is 8.98. The Morgan fingerprint density at radius 1 is 1.53 bits per heavy atom. The van der Waals surface area contributed by atoms with Crippen LogP contribution in [-0.2, 0) is 4.74 Å². The molecule has 0 saturated carbocycles. The minimum Gasteiger partial charge on any atom is -0.488 e. The lowest BCUT2D eigenvalue weighted by Gasteiger charge is -2.13. The fourth-order valence-corrected chi connectivity index (χ4v) is 1.67. The number of rotatable bonds is 3. The Kier molecular flexibility index (Phi) is 3.23. The molecule has 1 aliphatic rings. The van der Waals surface area contributed by atoms with Crippen LogP contribution >= 0.6 is 0 Å². The zero-order chi connectivity index (χ0) is 10.7. The molecule has 2 atom stereocenters. The van der Waals surface area contributed by atoms with Crippen LogP contribution in [0.4, 0.5) is 0 Å². The first kappa shape index (κ1) is 10.5. The third kappa shape index (κ3) is 2.70. The topological polar surface area (TPSA) is 44.5 Å². The first-order valence-electron chi connectivity index (χ1n) is 5.35. The third-order valence-corrected chi connectivity index (χ3v) is 2.57. The van der Waals surface area contributed by atoms with E-state index < -0.39 is 0 Å². The molecule has 1 aliphatic heterocycles. The summed E-state index contributed by atoms with van der Waals surface area (Å²) in [5.41, 5.74) is 6.91. The van der Waals surface area contributed by atoms with Gasteiger partial charge >= 0.3 is 0 Å². The Morgan fingerprint density at radius 3 is 3.07 bits per heavy atom. The number of benzene rings is 1. The van der Waals surface area contributed by atoms with E-state index in [2.05, 4.69) is 0 Å². The van der Waals surface area contributed by atoms with Crippen molar-refractivity contribution in [3.8, 4) is 5.75 Å². The molecule has 1 heterocycles. The maximum atomic E-state index is 5.81. The molecular formula is C12H17NO2. The van der Waals surface area contributed by atoms with Gasteiger partial charge in [0.05, 0.1) is 13.2 Å². The Morgan fingerprint density at radius 2 is 2.40 bits per heavy atom. The molecule has 0 amide bonds. The van der Waals surface area contributed by atoms with Crippen molar-refractivity contribution in [1.82, 2.24) is 0 Å². The first-order valence-corrected chi connectivity index (χ1v) is 5.35. The predicted molar refractivity (Wildman–Crippen MR) is 58.9 cm³/mol. The summed E-state index contributed by atoms with van der Waals surface area (Å²) in [7, 11) is 0. The van der Waals surface area contributed by atoms with Crippen molar-refractivity contribution < 1.29 is 9.47 Å². The van der Waals surface area contributed by atoms with E-state index in [1.165, 1.54) is 0 Å². The maximum absolute atomic E-state index is 5.81. The van der Waals surface area contributed by atoms with Crippen LogP contribution in [-0.4, -0.2) is 19.3 Å². The van der Waals surface area contributed by atoms with Gasteiger partial charge in [-0.3, -0.25) is 0 Å². The Hall–Kier alpha value is -1.06. The summed E-state index contributed by atoms with van der Waals surface area (Å²) in [6.07, 6.45) is 1.18. The minimum absolute atomic E-state index is 0.0494. The van der Waals surface area contributed by atoms with Gasteiger partial charge in [-0.1, -0.05) is 12.1 Å². The second-order valence-corrected chi connectivity index (χ2v) is 3.96. The summed E-state index contributed by atoms with van der Waals surface area (Å²) < 4.78 is 11.0. The molecule has 0 spiro atoms. The Labute approximate surface area is 90.2 Å². The van der Waals surface area contributed by atoms with Crippen molar-refractivity contribution >= 4 is 0 Å². The molecule has 0 radical (unpaired) electrons. The molecule has 1 saturated heterocycles. The quantitative estimate of drug-likeness (QED) is 0.823. The van der Waals surface area contributed by atoms with Crippen LogP contribution in [0.1, 0.15) is 24.9 Å². The fourth-order valence-electron chi connectivity index (χ4n) is 1.67. The summed E-state index contributed by atoms with van der Waals surface area (Å²) in [4.78, 5) is 0. The zero-order valence-electron chi connectivity index (χ0n) is 8.98. The SMILES string of the molecule is CC(N)c1cccc(OC2CCOC2)c1. The number of nitrogens with two attached hydrogens (primary N) is 1. The van der Waals surface area contributed by atoms with Gasteiger partial charge in [-0.2, -0.15) is 0 Å². The van der Waals surface area contributed by atoms with Gasteiger partial charge in [0.1, 0.15) is 11.9 Å². The van der Waals surface area contributed by atoms with Crippen molar-refractivity contribution in [1.29, 1.82) is 0 Å². The molecule has 82 valence electrons. The summed E-state index contributed by atoms with van der Waals surface area (Å²) in [6, 6.07) is 8.01. The second kappa shape index (κ2) is 4.64. The molecule has 1 fully saturated rings. The molecule has 3 nitrogen and oxygen atoms in total. The monoisotopic (exact) mass is 207 g/mol. The van der Waals surface area contributed by atoms with Crippen molar-refractivity contribution in [2.24, 2.45) is 5.73 Å². The molecule has 0 aromatic heterocycles. The van der Waals surface area contributed by atoms with E-state index in [-0.39, 0.29) is 12.1 Å². The van der Waals surface area contributed by atoms with Crippen LogP contribution in [0.5, 0.6) is 5.75 Å². The molecule has 2 N–H and O–H groups in total. The third-order valence-electron chi connectivity index (χ3n) is 2.57. The molecule has 1 aromatic carbocycles. The van der Waals surface area contributed by atoms with Gasteiger partial charge < -0.3 is 15.2 Å². The van der Waals surface area contributed by atoms with Gasteiger partial charge in [0.25, 0.3) is 0 Å². The lowest BCUT2D eigenvalue weighted by Crippen LogP contribution is -2.16. The normalized spacial score (nSPS) is 22.7. The van der Waals surface area contributed by atoms with Crippen LogP contribution in [0.25, 0.3) is 0 Å². The highest BCUT2D eigenvalue weighted by molar-refractivity contribution is 5.30. The van der Waals surface area contributed by atoms with Crippen molar-refractivity contribution in [2.45, 2.75) is 25.5 Å². The van der Waals surface area contributed by atoms with Crippen LogP contribution in [0, 0.1) is 0 Å².